The molecule has 15 aromatic carbocycles. The quantitative estimate of drug-likeness (QED) is 0.138. The standard InChI is InChI=1S/C88H56N10O2/c1-95-44-89-76-14-6-9-64(82(76)95)54-21-27-59-49(39-54)17-18-50-40-56(22-28-60(50)59)66-33-35-72(79-84(66)97(3)46-91-79)73-36-34-68(87-81(73)93-48-99-87)58-25-30-62-52(43-58)20-19-51-42-57(24-29-61(51)62)67-11-8-16-78-86(67)100-88(94-78)75-38-37-74(85-80(75)92-47-98(85)4)70-13-5-12-69-63-31-23-55(41-53(63)26-32-71(69)70)65-10-7-15-77-83(65)96(2)45-90-77/h5-48H,1-4H3. The molecule has 0 saturated carbocycles. The molecule has 0 saturated heterocycles. The number of imidazole rings is 4. The van der Waals surface area contributed by atoms with Gasteiger partial charge in [-0.3, -0.25) is 0 Å². The molecule has 0 atom stereocenters. The summed E-state index contributed by atoms with van der Waals surface area (Å²) >= 11 is 0. The van der Waals surface area contributed by atoms with Crippen molar-refractivity contribution in [1.82, 2.24) is 48.2 Å². The smallest absolute Gasteiger partial charge is 0.229 e. The van der Waals surface area contributed by atoms with Crippen molar-refractivity contribution in [2.75, 3.05) is 0 Å². The van der Waals surface area contributed by atoms with Gasteiger partial charge in [-0.1, -0.05) is 176 Å². The number of aryl methyl sites for hydroxylation is 4. The van der Waals surface area contributed by atoms with Crippen LogP contribution in [0.1, 0.15) is 0 Å². The monoisotopic (exact) mass is 1280 g/mol. The molecule has 12 heteroatoms. The fraction of sp³-hybridized carbons (Fsp3) is 0.0455. The van der Waals surface area contributed by atoms with Crippen LogP contribution in [0.4, 0.5) is 0 Å². The fourth-order valence-electron chi connectivity index (χ4n) is 16.3. The number of aromatic nitrogens is 10. The van der Waals surface area contributed by atoms with E-state index in [0.717, 1.165) is 155 Å². The molecule has 0 N–H and O–H groups in total. The van der Waals surface area contributed by atoms with Crippen LogP contribution in [0.5, 0.6) is 0 Å². The Morgan fingerprint density at radius 1 is 0.260 bits per heavy atom. The fourth-order valence-corrected chi connectivity index (χ4v) is 16.3. The van der Waals surface area contributed by atoms with Crippen molar-refractivity contribution in [3.8, 4) is 89.3 Å². The van der Waals surface area contributed by atoms with Crippen LogP contribution in [0.25, 0.3) is 220 Å². The first kappa shape index (κ1) is 55.9. The van der Waals surface area contributed by atoms with Gasteiger partial charge >= 0.3 is 0 Å². The minimum Gasteiger partial charge on any atom is -0.443 e. The van der Waals surface area contributed by atoms with Gasteiger partial charge in [-0.25, -0.2) is 29.9 Å². The molecule has 100 heavy (non-hydrogen) atoms. The zero-order chi connectivity index (χ0) is 66.2. The molecule has 0 aliphatic heterocycles. The van der Waals surface area contributed by atoms with E-state index in [-0.39, 0.29) is 0 Å². The average Bonchev–Trinajstić information content (AvgIpc) is 1.55. The summed E-state index contributed by atoms with van der Waals surface area (Å²) in [6.07, 6.45) is 9.12. The molecule has 470 valence electrons. The first-order chi connectivity index (χ1) is 49.2. The van der Waals surface area contributed by atoms with Crippen molar-refractivity contribution in [2.24, 2.45) is 28.2 Å². The van der Waals surface area contributed by atoms with Gasteiger partial charge in [0.1, 0.15) is 16.6 Å². The number of oxazole rings is 2. The highest BCUT2D eigenvalue weighted by Crippen LogP contribution is 2.46. The summed E-state index contributed by atoms with van der Waals surface area (Å²) in [5.74, 6) is 0.525. The maximum atomic E-state index is 6.88. The summed E-state index contributed by atoms with van der Waals surface area (Å²) in [4.78, 5) is 29.3. The molecule has 6 aromatic heterocycles. The second kappa shape index (κ2) is 21.1. The highest BCUT2D eigenvalue weighted by Gasteiger charge is 2.24. The Labute approximate surface area is 570 Å². The summed E-state index contributed by atoms with van der Waals surface area (Å²) in [7, 11) is 8.24. The van der Waals surface area contributed by atoms with Crippen molar-refractivity contribution in [3.05, 3.63) is 268 Å². The van der Waals surface area contributed by atoms with E-state index in [1.165, 1.54) is 59.8 Å². The van der Waals surface area contributed by atoms with Crippen molar-refractivity contribution < 1.29 is 8.83 Å². The molecular weight excluding hydrogens is 1230 g/mol. The molecule has 0 aliphatic carbocycles. The summed E-state index contributed by atoms with van der Waals surface area (Å²) in [6, 6.07) is 85.7. The maximum absolute atomic E-state index is 6.88. The molecule has 0 fully saturated rings. The third-order valence-corrected chi connectivity index (χ3v) is 21.0. The number of para-hydroxylation sites is 3. The normalized spacial score (nSPS) is 12.2. The van der Waals surface area contributed by atoms with Crippen LogP contribution in [0, 0.1) is 0 Å². The number of hydrogen-bond donors (Lipinski definition) is 0. The molecule has 12 nitrogen and oxygen atoms in total. The summed E-state index contributed by atoms with van der Waals surface area (Å²) in [6.45, 7) is 0. The van der Waals surface area contributed by atoms with Crippen molar-refractivity contribution in [3.63, 3.8) is 0 Å². The van der Waals surface area contributed by atoms with Crippen LogP contribution >= 0.6 is 0 Å². The molecule has 0 bridgehead atoms. The molecule has 0 aliphatic rings. The SMILES string of the molecule is Cn1cnc2cccc(-c3ccc4c(ccc5cc(-c6ccc(-c7ccc(-c8ccc9c(ccc%10cc(-c%11cccc%12nc(-c%13ccc(-c%14cccc%15c%14ccc%14cc(-c%16cccc%17ncn(C)c%16%17)ccc%14%15)c%14c%13ncn%14C)oc%11%12)ccc%109)c8)c8ocnc78)c7ncn(C)c67)ccc54)c3)c21. The van der Waals surface area contributed by atoms with Gasteiger partial charge in [0, 0.05) is 72.7 Å². The molecule has 6 heterocycles. The number of nitrogens with zero attached hydrogens (tertiary/aromatic N) is 10. The van der Waals surface area contributed by atoms with Crippen LogP contribution in [-0.2, 0) is 28.2 Å². The second-order valence-corrected chi connectivity index (χ2v) is 26.6. The molecule has 0 spiro atoms. The lowest BCUT2D eigenvalue weighted by molar-refractivity contribution is 0.603. The van der Waals surface area contributed by atoms with Gasteiger partial charge in [-0.15, -0.1) is 0 Å². The van der Waals surface area contributed by atoms with E-state index in [1.807, 2.05) is 31.4 Å². The molecular formula is C88H56N10O2. The van der Waals surface area contributed by atoms with Gasteiger partial charge in [0.15, 0.2) is 17.6 Å². The van der Waals surface area contributed by atoms with E-state index in [2.05, 4.69) is 287 Å². The van der Waals surface area contributed by atoms with Gasteiger partial charge in [0.05, 0.1) is 69.5 Å². The van der Waals surface area contributed by atoms with Crippen LogP contribution < -0.4 is 0 Å². The predicted molar refractivity (Wildman–Crippen MR) is 407 cm³/mol. The highest BCUT2D eigenvalue weighted by molar-refractivity contribution is 6.17. The van der Waals surface area contributed by atoms with Crippen molar-refractivity contribution in [1.29, 1.82) is 0 Å². The topological polar surface area (TPSA) is 123 Å². The molecule has 0 radical (unpaired) electrons. The largest absolute Gasteiger partial charge is 0.443 e. The summed E-state index contributed by atoms with van der Waals surface area (Å²) < 4.78 is 21.6. The van der Waals surface area contributed by atoms with Crippen LogP contribution in [0.3, 0.4) is 0 Å². The number of benzene rings is 15. The molecule has 21 aromatic rings. The predicted octanol–water partition coefficient (Wildman–Crippen LogP) is 21.8. The van der Waals surface area contributed by atoms with Crippen molar-refractivity contribution >= 4 is 131 Å². The third kappa shape index (κ3) is 8.28. The van der Waals surface area contributed by atoms with Gasteiger partial charge in [-0.2, -0.15) is 0 Å². The van der Waals surface area contributed by atoms with Gasteiger partial charge in [0.2, 0.25) is 5.89 Å². The molecule has 21 rings (SSSR count). The number of hydrogen-bond acceptors (Lipinski definition) is 8. The van der Waals surface area contributed by atoms with Crippen LogP contribution in [0.15, 0.2) is 277 Å². The Hall–Kier alpha value is -13.3. The summed E-state index contributed by atoms with van der Waals surface area (Å²) in [5, 5.41) is 14.1. The van der Waals surface area contributed by atoms with E-state index in [1.54, 1.807) is 6.39 Å². The zero-order valence-corrected chi connectivity index (χ0v) is 54.7. The first-order valence-corrected chi connectivity index (χ1v) is 33.6. The molecule has 0 amide bonds. The lowest BCUT2D eigenvalue weighted by Gasteiger charge is -2.13. The Kier molecular flexibility index (Phi) is 11.8. The molecule has 0 unspecified atom stereocenters. The Balaban J connectivity index is 0.571. The summed E-state index contributed by atoms with van der Waals surface area (Å²) in [5.41, 5.74) is 27.0. The maximum Gasteiger partial charge on any atom is 0.229 e. The number of rotatable bonds is 8. The Bertz CT molecular complexity index is 7120. The average molecular weight is 1290 g/mol. The van der Waals surface area contributed by atoms with E-state index >= 15 is 0 Å². The lowest BCUT2D eigenvalue weighted by atomic mass is 9.92. The zero-order valence-electron chi connectivity index (χ0n) is 54.7. The lowest BCUT2D eigenvalue weighted by Crippen LogP contribution is -1.92. The van der Waals surface area contributed by atoms with E-state index in [0.29, 0.717) is 5.89 Å². The second-order valence-electron chi connectivity index (χ2n) is 26.6. The minimum atomic E-state index is 0.525. The van der Waals surface area contributed by atoms with Gasteiger partial charge in [-0.05, 0) is 159 Å². The van der Waals surface area contributed by atoms with Gasteiger partial charge < -0.3 is 27.1 Å². The van der Waals surface area contributed by atoms with Crippen LogP contribution in [0.2, 0.25) is 0 Å². The third-order valence-electron chi connectivity index (χ3n) is 21.0. The Morgan fingerprint density at radius 2 is 0.640 bits per heavy atom. The van der Waals surface area contributed by atoms with E-state index < -0.39 is 0 Å². The van der Waals surface area contributed by atoms with E-state index in [9.17, 15) is 0 Å². The number of fused-ring (bicyclic) bond motifs is 15. The van der Waals surface area contributed by atoms with Crippen LogP contribution in [-0.4, -0.2) is 48.2 Å². The Morgan fingerprint density at radius 3 is 1.21 bits per heavy atom. The van der Waals surface area contributed by atoms with Crippen molar-refractivity contribution in [2.45, 2.75) is 0 Å². The minimum absolute atomic E-state index is 0.525. The highest BCUT2D eigenvalue weighted by atomic mass is 16.3. The van der Waals surface area contributed by atoms with Gasteiger partial charge in [0.25, 0.3) is 0 Å². The van der Waals surface area contributed by atoms with E-state index in [4.69, 9.17) is 28.8 Å². The first-order valence-electron chi connectivity index (χ1n) is 33.6.